The van der Waals surface area contributed by atoms with Crippen molar-refractivity contribution < 1.29 is 13.2 Å². The molecule has 0 aromatic heterocycles. The van der Waals surface area contributed by atoms with Gasteiger partial charge in [0.05, 0.1) is 5.75 Å². The second-order valence-corrected chi connectivity index (χ2v) is 6.74. The monoisotopic (exact) mass is 218 g/mol. The fourth-order valence-electron chi connectivity index (χ4n) is 1.73. The van der Waals surface area contributed by atoms with Crippen molar-refractivity contribution in [2.24, 2.45) is 11.8 Å². The van der Waals surface area contributed by atoms with E-state index in [4.69, 9.17) is 0 Å². The van der Waals surface area contributed by atoms with Gasteiger partial charge in [0.25, 0.3) is 0 Å². The molecule has 0 N–H and O–H groups in total. The highest BCUT2D eigenvalue weighted by atomic mass is 32.2. The Morgan fingerprint density at radius 1 is 1.29 bits per heavy atom. The van der Waals surface area contributed by atoms with Crippen LogP contribution in [-0.2, 0) is 14.6 Å². The number of carbonyl (C=O) groups excluding carboxylic acids is 1. The van der Waals surface area contributed by atoms with Gasteiger partial charge in [0.1, 0.15) is 5.25 Å². The van der Waals surface area contributed by atoms with Gasteiger partial charge in [-0.05, 0) is 18.8 Å². The molecule has 0 aromatic carbocycles. The molecule has 1 aliphatic rings. The van der Waals surface area contributed by atoms with E-state index in [9.17, 15) is 13.2 Å². The molecule has 0 spiro atoms. The molecule has 0 aromatic rings. The molecule has 1 heterocycles. The third-order valence-electron chi connectivity index (χ3n) is 3.09. The van der Waals surface area contributed by atoms with Crippen LogP contribution in [0.2, 0.25) is 0 Å². The third-order valence-corrected chi connectivity index (χ3v) is 5.29. The summed E-state index contributed by atoms with van der Waals surface area (Å²) in [7, 11) is -3.11. The minimum atomic E-state index is -3.11. The topological polar surface area (TPSA) is 51.2 Å². The van der Waals surface area contributed by atoms with E-state index in [0.29, 0.717) is 12.8 Å². The lowest BCUT2D eigenvalue weighted by atomic mass is 9.91. The third kappa shape index (κ3) is 2.16. The predicted molar refractivity (Wildman–Crippen MR) is 55.8 cm³/mol. The summed E-state index contributed by atoms with van der Waals surface area (Å²) in [5.74, 6) is 0.178. The molecule has 3 nitrogen and oxygen atoms in total. The highest BCUT2D eigenvalue weighted by molar-refractivity contribution is 7.93. The Labute approximate surface area is 85.8 Å². The maximum Gasteiger partial charge on any atom is 0.160 e. The average Bonchev–Trinajstić information content (AvgIpc) is 2.42. The van der Waals surface area contributed by atoms with Gasteiger partial charge in [-0.2, -0.15) is 0 Å². The molecule has 0 aliphatic carbocycles. The van der Waals surface area contributed by atoms with E-state index in [1.807, 2.05) is 20.8 Å². The summed E-state index contributed by atoms with van der Waals surface area (Å²) >= 11 is 0. The van der Waals surface area contributed by atoms with Gasteiger partial charge in [-0.3, -0.25) is 4.79 Å². The van der Waals surface area contributed by atoms with Crippen LogP contribution in [0.4, 0.5) is 0 Å². The fourth-order valence-corrected chi connectivity index (χ4v) is 3.68. The van der Waals surface area contributed by atoms with Gasteiger partial charge in [-0.25, -0.2) is 8.42 Å². The van der Waals surface area contributed by atoms with Crippen molar-refractivity contribution in [1.82, 2.24) is 0 Å². The van der Waals surface area contributed by atoms with Gasteiger partial charge in [0.15, 0.2) is 15.6 Å². The van der Waals surface area contributed by atoms with Crippen LogP contribution < -0.4 is 0 Å². The van der Waals surface area contributed by atoms with Gasteiger partial charge in [-0.1, -0.05) is 20.8 Å². The molecule has 1 fully saturated rings. The first-order chi connectivity index (χ1) is 6.36. The number of sulfone groups is 1. The Morgan fingerprint density at radius 2 is 1.86 bits per heavy atom. The van der Waals surface area contributed by atoms with Gasteiger partial charge >= 0.3 is 0 Å². The van der Waals surface area contributed by atoms with Crippen LogP contribution in [0.3, 0.4) is 0 Å². The molecule has 0 saturated carbocycles. The van der Waals surface area contributed by atoms with Crippen LogP contribution in [-0.4, -0.2) is 25.2 Å². The zero-order valence-electron chi connectivity index (χ0n) is 8.99. The molecule has 2 atom stereocenters. The van der Waals surface area contributed by atoms with Crippen LogP contribution in [0, 0.1) is 11.8 Å². The standard InChI is InChI=1S/C10H18O3S/c1-7(2)8(3)10(11)9-5-4-6-14(9,12)13/h7-9H,4-6H2,1-3H3. The van der Waals surface area contributed by atoms with Crippen molar-refractivity contribution in [2.45, 2.75) is 38.9 Å². The van der Waals surface area contributed by atoms with Crippen molar-refractivity contribution in [3.8, 4) is 0 Å². The normalized spacial score (nSPS) is 27.9. The summed E-state index contributed by atoms with van der Waals surface area (Å²) in [6, 6.07) is 0. The molecule has 0 radical (unpaired) electrons. The van der Waals surface area contributed by atoms with E-state index in [1.54, 1.807) is 0 Å². The maximum atomic E-state index is 11.8. The Bertz CT molecular complexity index is 316. The molecule has 14 heavy (non-hydrogen) atoms. The highest BCUT2D eigenvalue weighted by Crippen LogP contribution is 2.25. The van der Waals surface area contributed by atoms with Gasteiger partial charge in [-0.15, -0.1) is 0 Å². The first kappa shape index (κ1) is 11.7. The SMILES string of the molecule is CC(C)C(C)C(=O)C1CCCS1(=O)=O. The zero-order chi connectivity index (χ0) is 10.9. The molecule has 4 heteroatoms. The summed E-state index contributed by atoms with van der Waals surface area (Å²) in [5.41, 5.74) is 0. The van der Waals surface area contributed by atoms with E-state index >= 15 is 0 Å². The second kappa shape index (κ2) is 4.01. The van der Waals surface area contributed by atoms with Crippen LogP contribution in [0.1, 0.15) is 33.6 Å². The lowest BCUT2D eigenvalue weighted by molar-refractivity contribution is -0.123. The van der Waals surface area contributed by atoms with Crippen molar-refractivity contribution >= 4 is 15.6 Å². The summed E-state index contributed by atoms with van der Waals surface area (Å²) in [6.07, 6.45) is 1.17. The zero-order valence-corrected chi connectivity index (χ0v) is 9.80. The number of hydrogen-bond acceptors (Lipinski definition) is 3. The Balaban J connectivity index is 2.80. The van der Waals surface area contributed by atoms with E-state index < -0.39 is 15.1 Å². The number of ketones is 1. The number of hydrogen-bond donors (Lipinski definition) is 0. The highest BCUT2D eigenvalue weighted by Gasteiger charge is 2.39. The molecular formula is C10H18O3S. The molecule has 1 saturated heterocycles. The van der Waals surface area contributed by atoms with Gasteiger partial charge in [0, 0.05) is 5.92 Å². The van der Waals surface area contributed by atoms with Gasteiger partial charge < -0.3 is 0 Å². The largest absolute Gasteiger partial charge is 0.298 e. The molecular weight excluding hydrogens is 200 g/mol. The van der Waals surface area contributed by atoms with E-state index in [1.165, 1.54) is 0 Å². The quantitative estimate of drug-likeness (QED) is 0.720. The number of Topliss-reactive ketones (excluding diaryl/α,β-unsaturated/α-hetero) is 1. The van der Waals surface area contributed by atoms with Crippen LogP contribution in [0.5, 0.6) is 0 Å². The molecule has 1 rings (SSSR count). The summed E-state index contributed by atoms with van der Waals surface area (Å²) in [4.78, 5) is 11.8. The molecule has 82 valence electrons. The minimum absolute atomic E-state index is 0.0856. The average molecular weight is 218 g/mol. The Hall–Kier alpha value is -0.380. The lowest BCUT2D eigenvalue weighted by Gasteiger charge is -2.17. The van der Waals surface area contributed by atoms with E-state index in [2.05, 4.69) is 0 Å². The van der Waals surface area contributed by atoms with Crippen LogP contribution in [0.15, 0.2) is 0 Å². The Kier molecular flexibility index (Phi) is 3.35. The van der Waals surface area contributed by atoms with Gasteiger partial charge in [0.2, 0.25) is 0 Å². The summed E-state index contributed by atoms with van der Waals surface area (Å²) in [6.45, 7) is 5.72. The van der Waals surface area contributed by atoms with E-state index in [0.717, 1.165) is 0 Å². The van der Waals surface area contributed by atoms with Crippen LogP contribution >= 0.6 is 0 Å². The van der Waals surface area contributed by atoms with Crippen molar-refractivity contribution in [3.05, 3.63) is 0 Å². The maximum absolute atomic E-state index is 11.8. The fraction of sp³-hybridized carbons (Fsp3) is 0.900. The lowest BCUT2D eigenvalue weighted by Crippen LogP contribution is -2.33. The molecule has 0 amide bonds. The van der Waals surface area contributed by atoms with Crippen molar-refractivity contribution in [3.63, 3.8) is 0 Å². The first-order valence-electron chi connectivity index (χ1n) is 5.11. The Morgan fingerprint density at radius 3 is 2.21 bits per heavy atom. The van der Waals surface area contributed by atoms with Crippen molar-refractivity contribution in [2.75, 3.05) is 5.75 Å². The van der Waals surface area contributed by atoms with Crippen molar-refractivity contribution in [1.29, 1.82) is 0 Å². The van der Waals surface area contributed by atoms with E-state index in [-0.39, 0.29) is 23.4 Å². The smallest absolute Gasteiger partial charge is 0.160 e. The first-order valence-corrected chi connectivity index (χ1v) is 6.83. The summed E-state index contributed by atoms with van der Waals surface area (Å²) < 4.78 is 23.0. The molecule has 2 unspecified atom stereocenters. The molecule has 1 aliphatic heterocycles. The molecule has 0 bridgehead atoms. The summed E-state index contributed by atoms with van der Waals surface area (Å²) in [5, 5.41) is -0.708. The second-order valence-electron chi connectivity index (χ2n) is 4.43. The van der Waals surface area contributed by atoms with Crippen LogP contribution in [0.25, 0.3) is 0 Å². The minimum Gasteiger partial charge on any atom is -0.298 e. The number of rotatable bonds is 3. The predicted octanol–water partition coefficient (Wildman–Crippen LogP) is 1.42. The number of carbonyl (C=O) groups is 1.